The third kappa shape index (κ3) is 6.82. The quantitative estimate of drug-likeness (QED) is 0.358. The summed E-state index contributed by atoms with van der Waals surface area (Å²) in [6, 6.07) is 8.33. The first-order valence-electron chi connectivity index (χ1n) is 10.1. The molecule has 0 amide bonds. The van der Waals surface area contributed by atoms with E-state index < -0.39 is 0 Å². The molecule has 152 valence electrons. The summed E-state index contributed by atoms with van der Waals surface area (Å²) in [5.41, 5.74) is 1.16. The molecule has 1 saturated carbocycles. The summed E-state index contributed by atoms with van der Waals surface area (Å²) >= 11 is 0. The first kappa shape index (κ1) is 22.3. The van der Waals surface area contributed by atoms with Gasteiger partial charge >= 0.3 is 0 Å². The van der Waals surface area contributed by atoms with E-state index in [1.807, 2.05) is 0 Å². The van der Waals surface area contributed by atoms with Gasteiger partial charge < -0.3 is 19.7 Å². The molecule has 1 aliphatic heterocycles. The molecule has 5 nitrogen and oxygen atoms in total. The van der Waals surface area contributed by atoms with Crippen molar-refractivity contribution in [3.05, 3.63) is 29.8 Å². The normalized spacial score (nSPS) is 20.4. The molecule has 0 spiro atoms. The summed E-state index contributed by atoms with van der Waals surface area (Å²) in [5.74, 6) is 2.54. The molecule has 0 bridgehead atoms. The van der Waals surface area contributed by atoms with Crippen molar-refractivity contribution in [2.75, 3.05) is 33.4 Å². The smallest absolute Gasteiger partial charge is 0.193 e. The van der Waals surface area contributed by atoms with Gasteiger partial charge in [0.15, 0.2) is 5.96 Å². The number of hydrogen-bond donors (Lipinski definition) is 1. The van der Waals surface area contributed by atoms with E-state index in [1.54, 1.807) is 0 Å². The van der Waals surface area contributed by atoms with Gasteiger partial charge in [0, 0.05) is 38.2 Å². The van der Waals surface area contributed by atoms with E-state index in [2.05, 4.69) is 48.5 Å². The van der Waals surface area contributed by atoms with Crippen LogP contribution in [0.1, 0.15) is 44.6 Å². The molecule has 1 saturated heterocycles. The zero-order valence-corrected chi connectivity index (χ0v) is 19.0. The van der Waals surface area contributed by atoms with Crippen LogP contribution in [0.2, 0.25) is 0 Å². The minimum atomic E-state index is 0. The van der Waals surface area contributed by atoms with Gasteiger partial charge in [-0.05, 0) is 45.1 Å². The van der Waals surface area contributed by atoms with E-state index in [4.69, 9.17) is 14.5 Å². The van der Waals surface area contributed by atoms with Gasteiger partial charge in [0.1, 0.15) is 5.75 Å². The van der Waals surface area contributed by atoms with Crippen LogP contribution in [0.5, 0.6) is 5.75 Å². The summed E-state index contributed by atoms with van der Waals surface area (Å²) in [4.78, 5) is 7.10. The molecule has 1 unspecified atom stereocenters. The van der Waals surface area contributed by atoms with Crippen LogP contribution in [-0.2, 0) is 11.3 Å². The third-order valence-corrected chi connectivity index (χ3v) is 5.22. The Hall–Kier alpha value is -1.02. The van der Waals surface area contributed by atoms with Crippen LogP contribution < -0.4 is 10.1 Å². The van der Waals surface area contributed by atoms with Gasteiger partial charge in [-0.2, -0.15) is 0 Å². The summed E-state index contributed by atoms with van der Waals surface area (Å²) in [5, 5.41) is 3.41. The monoisotopic (exact) mass is 487 g/mol. The second-order valence-corrected chi connectivity index (χ2v) is 7.41. The number of benzene rings is 1. The van der Waals surface area contributed by atoms with Crippen molar-refractivity contribution in [1.82, 2.24) is 10.2 Å². The molecule has 1 aromatic carbocycles. The highest BCUT2D eigenvalue weighted by atomic mass is 127. The van der Waals surface area contributed by atoms with Gasteiger partial charge in [-0.15, -0.1) is 24.0 Å². The summed E-state index contributed by atoms with van der Waals surface area (Å²) in [6.45, 7) is 6.34. The zero-order valence-electron chi connectivity index (χ0n) is 16.7. The molecule has 1 aromatic rings. The number of guanidine groups is 1. The lowest BCUT2D eigenvalue weighted by atomic mass is 10.1. The topological polar surface area (TPSA) is 46.1 Å². The molecular weight excluding hydrogens is 453 g/mol. The lowest BCUT2D eigenvalue weighted by Gasteiger charge is -2.24. The van der Waals surface area contributed by atoms with E-state index in [-0.39, 0.29) is 24.0 Å². The van der Waals surface area contributed by atoms with Gasteiger partial charge in [0.2, 0.25) is 0 Å². The van der Waals surface area contributed by atoms with Crippen molar-refractivity contribution in [1.29, 1.82) is 0 Å². The number of aliphatic imine (C=N–C) groups is 1. The van der Waals surface area contributed by atoms with Gasteiger partial charge in [-0.3, -0.25) is 0 Å². The molecule has 27 heavy (non-hydrogen) atoms. The Labute approximate surface area is 180 Å². The van der Waals surface area contributed by atoms with Crippen LogP contribution >= 0.6 is 24.0 Å². The number of ether oxygens (including phenoxy) is 2. The van der Waals surface area contributed by atoms with Crippen molar-refractivity contribution in [2.45, 2.75) is 51.7 Å². The standard InChI is InChI=1S/C21H33N3O2.HI/c1-3-22-21(24(2)15-17-12-13-25-16-17)23-14-18-8-4-7-11-20(18)26-19-9-5-6-10-19;/h4,7-8,11,17,19H,3,5-6,9-10,12-16H2,1-2H3,(H,22,23);1H. The maximum absolute atomic E-state index is 6.25. The fraction of sp³-hybridized carbons (Fsp3) is 0.667. The molecule has 1 atom stereocenters. The number of nitrogens with zero attached hydrogens (tertiary/aromatic N) is 2. The highest BCUT2D eigenvalue weighted by Crippen LogP contribution is 2.27. The van der Waals surface area contributed by atoms with Crippen LogP contribution in [0.4, 0.5) is 0 Å². The highest BCUT2D eigenvalue weighted by molar-refractivity contribution is 14.0. The maximum Gasteiger partial charge on any atom is 0.193 e. The average Bonchev–Trinajstić information content (AvgIpc) is 3.34. The van der Waals surface area contributed by atoms with E-state index >= 15 is 0 Å². The lowest BCUT2D eigenvalue weighted by molar-refractivity contribution is 0.181. The second kappa shape index (κ2) is 11.7. The summed E-state index contributed by atoms with van der Waals surface area (Å²) < 4.78 is 11.7. The fourth-order valence-corrected chi connectivity index (χ4v) is 3.77. The Kier molecular flexibility index (Phi) is 9.68. The Bertz CT molecular complexity index is 585. The van der Waals surface area contributed by atoms with Crippen molar-refractivity contribution in [2.24, 2.45) is 10.9 Å². The van der Waals surface area contributed by atoms with Crippen molar-refractivity contribution in [3.8, 4) is 5.75 Å². The molecule has 2 fully saturated rings. The van der Waals surface area contributed by atoms with Gasteiger partial charge in [0.25, 0.3) is 0 Å². The zero-order chi connectivity index (χ0) is 18.2. The van der Waals surface area contributed by atoms with Crippen LogP contribution in [-0.4, -0.2) is 50.3 Å². The van der Waals surface area contributed by atoms with Gasteiger partial charge in [0.05, 0.1) is 19.3 Å². The number of para-hydroxylation sites is 1. The number of rotatable bonds is 7. The largest absolute Gasteiger partial charge is 0.490 e. The molecule has 3 rings (SSSR count). The minimum absolute atomic E-state index is 0. The Morgan fingerprint density at radius 3 is 2.74 bits per heavy atom. The SMILES string of the molecule is CCNC(=NCc1ccccc1OC1CCCC1)N(C)CC1CCOC1.I. The molecule has 6 heteroatoms. The van der Waals surface area contributed by atoms with Crippen molar-refractivity contribution < 1.29 is 9.47 Å². The van der Waals surface area contributed by atoms with E-state index in [0.717, 1.165) is 50.0 Å². The minimum Gasteiger partial charge on any atom is -0.490 e. The highest BCUT2D eigenvalue weighted by Gasteiger charge is 2.20. The fourth-order valence-electron chi connectivity index (χ4n) is 3.77. The van der Waals surface area contributed by atoms with Crippen LogP contribution in [0.3, 0.4) is 0 Å². The molecule has 1 aliphatic carbocycles. The second-order valence-electron chi connectivity index (χ2n) is 7.41. The van der Waals surface area contributed by atoms with Crippen LogP contribution in [0.25, 0.3) is 0 Å². The number of hydrogen-bond acceptors (Lipinski definition) is 3. The maximum atomic E-state index is 6.25. The van der Waals surface area contributed by atoms with Crippen molar-refractivity contribution >= 4 is 29.9 Å². The van der Waals surface area contributed by atoms with Gasteiger partial charge in [-0.1, -0.05) is 18.2 Å². The molecular formula is C21H34IN3O2. The van der Waals surface area contributed by atoms with Crippen LogP contribution in [0.15, 0.2) is 29.3 Å². The lowest BCUT2D eigenvalue weighted by Crippen LogP contribution is -2.41. The van der Waals surface area contributed by atoms with Crippen molar-refractivity contribution in [3.63, 3.8) is 0 Å². The number of nitrogens with one attached hydrogen (secondary N) is 1. The molecule has 1 heterocycles. The molecule has 0 radical (unpaired) electrons. The average molecular weight is 487 g/mol. The molecule has 2 aliphatic rings. The Morgan fingerprint density at radius 2 is 2.04 bits per heavy atom. The first-order valence-corrected chi connectivity index (χ1v) is 10.1. The predicted molar refractivity (Wildman–Crippen MR) is 121 cm³/mol. The predicted octanol–water partition coefficient (Wildman–Crippen LogP) is 4.06. The molecule has 1 N–H and O–H groups in total. The third-order valence-electron chi connectivity index (χ3n) is 5.22. The number of halogens is 1. The van der Waals surface area contributed by atoms with Gasteiger partial charge in [-0.25, -0.2) is 4.99 Å². The Morgan fingerprint density at radius 1 is 1.26 bits per heavy atom. The summed E-state index contributed by atoms with van der Waals surface area (Å²) in [7, 11) is 2.11. The first-order chi connectivity index (χ1) is 12.8. The molecule has 0 aromatic heterocycles. The van der Waals surface area contributed by atoms with Crippen LogP contribution in [0, 0.1) is 5.92 Å². The van der Waals surface area contributed by atoms with E-state index in [9.17, 15) is 0 Å². The van der Waals surface area contributed by atoms with E-state index in [1.165, 1.54) is 25.7 Å². The Balaban J connectivity index is 0.00000261. The van der Waals surface area contributed by atoms with E-state index in [0.29, 0.717) is 18.6 Å². The summed E-state index contributed by atoms with van der Waals surface area (Å²) in [6.07, 6.45) is 6.43.